The summed E-state index contributed by atoms with van der Waals surface area (Å²) in [7, 11) is -0.740. The van der Waals surface area contributed by atoms with E-state index in [-0.39, 0.29) is 56.5 Å². The van der Waals surface area contributed by atoms with Gasteiger partial charge in [0.2, 0.25) is 0 Å². The third-order valence-corrected chi connectivity index (χ3v) is 16.4. The van der Waals surface area contributed by atoms with E-state index in [1.54, 1.807) is 0 Å². The van der Waals surface area contributed by atoms with Crippen molar-refractivity contribution in [3.63, 3.8) is 0 Å². The molecule has 11 nitrogen and oxygen atoms in total. The Balaban J connectivity index is 0. The summed E-state index contributed by atoms with van der Waals surface area (Å²) in [4.78, 5) is 37.7. The predicted octanol–water partition coefficient (Wildman–Crippen LogP) is 19.3. The van der Waals surface area contributed by atoms with Crippen LogP contribution in [0.5, 0.6) is 0 Å². The molecule has 0 aliphatic heterocycles. The van der Waals surface area contributed by atoms with Crippen molar-refractivity contribution in [1.82, 2.24) is 0 Å². The van der Waals surface area contributed by atoms with Crippen LogP contribution in [-0.4, -0.2) is 107 Å². The number of aliphatic hydroxyl groups is 1. The topological polar surface area (TPSA) is 136 Å². The van der Waals surface area contributed by atoms with Crippen LogP contribution in [0.15, 0.2) is 0 Å². The fourth-order valence-electron chi connectivity index (χ4n) is 9.61. The molecule has 0 aromatic heterocycles. The standard InChI is InChI=1S/C39H77BO6PS.C25H51BO5PS/c1-4-7-10-13-15-17-18-20-22-25-28-31-39(42)46-37(35-44-48-47-40)34-43-33-32-36(29-26-23-12-9-6-3)45-38(41)30-27-24-21-19-16-14-11-8-5-2;1-3-5-7-9-10-11-12-14-16-18-25(28)31-24(17-15-13-8-6-4-2)19-20-29-21-23(27)22-30-33-32-26/h36-37,40,47H,4-35H2,1-3H3;23-24,26-27,32H,3-22H2,1-2H3/t36-,37+,47?;23-,24+,32?/m10/s1/i40T,47D;26T,32D. The average molecular weight is 1230 g/mol. The van der Waals surface area contributed by atoms with Crippen molar-refractivity contribution in [3.8, 4) is 0 Å². The molecule has 0 bridgehead atoms. The molecule has 0 fully saturated rings. The van der Waals surface area contributed by atoms with Gasteiger partial charge in [-0.3, -0.25) is 14.4 Å². The van der Waals surface area contributed by atoms with Gasteiger partial charge in [0.1, 0.15) is 46.1 Å². The van der Waals surface area contributed by atoms with Gasteiger partial charge in [0.25, 0.3) is 0 Å². The number of hydrogen-bond acceptors (Lipinski definition) is 13. The minimum absolute atomic E-state index is 0.0603. The van der Waals surface area contributed by atoms with Crippen molar-refractivity contribution in [3.05, 3.63) is 0 Å². The molecule has 0 amide bonds. The SMILES string of the molecule is [2H]P([B][3H])SOC[C@@H](O)COCC[C@@H](CCCCCCC)OC(=O)CCCCCCCCCCC.[2H]P([B][3H])SOC[C@H](COCC[C@@H](CCCCCCC)OC(=O)CCCCCCCCCCC)OC(=O)CCCCCCCCCCCCC. The largest absolute Gasteiger partial charge is 0.462 e. The smallest absolute Gasteiger partial charge is 0.306 e. The molecule has 2 unspecified atom stereocenters. The summed E-state index contributed by atoms with van der Waals surface area (Å²) in [5, 5.41) is 9.92. The molecule has 478 valence electrons. The first-order valence-corrected chi connectivity index (χ1v) is 38.1. The highest BCUT2D eigenvalue weighted by Gasteiger charge is 2.19. The van der Waals surface area contributed by atoms with Gasteiger partial charge < -0.3 is 37.2 Å². The molecular weight excluding hydrogens is 1090 g/mol. The molecule has 0 aromatic carbocycles. The highest BCUT2D eigenvalue weighted by Crippen LogP contribution is 2.26. The van der Waals surface area contributed by atoms with Crippen molar-refractivity contribution in [1.29, 1.82) is 5.23 Å². The van der Waals surface area contributed by atoms with E-state index in [0.717, 1.165) is 122 Å². The molecule has 0 spiro atoms. The zero-order valence-electron chi connectivity index (χ0n) is 57.0. The molecule has 6 atom stereocenters. The van der Waals surface area contributed by atoms with Crippen LogP contribution in [0.3, 0.4) is 0 Å². The molecule has 0 saturated carbocycles. The van der Waals surface area contributed by atoms with Gasteiger partial charge in [-0.05, 0) is 47.6 Å². The number of rotatable bonds is 67. The third-order valence-electron chi connectivity index (χ3n) is 14.6. The second-order valence-electron chi connectivity index (χ2n) is 22.5. The molecule has 0 heterocycles. The first-order chi connectivity index (χ1) is 41.5. The Hall–Kier alpha value is -0.100. The number of hydrogen-bond donors (Lipinski definition) is 1. The Kier molecular flexibility index (Phi) is 65.6. The van der Waals surface area contributed by atoms with Crippen molar-refractivity contribution < 1.29 is 51.5 Å². The Morgan fingerprint density at radius 1 is 0.395 bits per heavy atom. The van der Waals surface area contributed by atoms with Gasteiger partial charge in [-0.15, -0.1) is 0 Å². The zero-order chi connectivity index (χ0) is 62.7. The molecule has 17 heteroatoms. The van der Waals surface area contributed by atoms with E-state index in [1.807, 2.05) is 0 Å². The summed E-state index contributed by atoms with van der Waals surface area (Å²) in [6.07, 6.45) is 49.8. The maximum Gasteiger partial charge on any atom is 0.306 e. The maximum absolute atomic E-state index is 12.7. The molecule has 1 N–H and O–H groups in total. The van der Waals surface area contributed by atoms with Crippen LogP contribution in [0.1, 0.15) is 330 Å². The van der Waals surface area contributed by atoms with E-state index in [9.17, 15) is 19.5 Å². The molecular formula is C64H128B2O11P2S2. The fourth-order valence-corrected chi connectivity index (χ4v) is 10.9. The highest BCUT2D eigenvalue weighted by atomic mass is 32.7. The van der Waals surface area contributed by atoms with Gasteiger partial charge in [-0.1, -0.05) is 268 Å². The van der Waals surface area contributed by atoms with Gasteiger partial charge in [-0.2, -0.15) is 0 Å². The van der Waals surface area contributed by atoms with Crippen LogP contribution in [0.2, 0.25) is 0 Å². The van der Waals surface area contributed by atoms with E-state index in [1.165, 1.54) is 180 Å². The molecule has 0 rings (SSSR count). The van der Waals surface area contributed by atoms with Crippen LogP contribution in [0.25, 0.3) is 0 Å². The second-order valence-corrected chi connectivity index (χ2v) is 25.8. The van der Waals surface area contributed by atoms with Crippen molar-refractivity contribution in [2.45, 2.75) is 354 Å². The molecule has 0 aliphatic carbocycles. The van der Waals surface area contributed by atoms with Gasteiger partial charge in [0, 0.05) is 55.4 Å². The normalized spacial score (nSPS) is 14.2. The van der Waals surface area contributed by atoms with Crippen LogP contribution < -0.4 is 0 Å². The number of carbonyl (C=O) groups excluding carboxylic acids is 3. The molecule has 2 radical (unpaired) electrons. The van der Waals surface area contributed by atoms with Crippen molar-refractivity contribution in [2.24, 2.45) is 0 Å². The maximum atomic E-state index is 12.7. The molecule has 0 aromatic rings. The average Bonchev–Trinajstić information content (AvgIpc) is 3.52. The lowest BCUT2D eigenvalue weighted by Crippen LogP contribution is -2.28. The van der Waals surface area contributed by atoms with E-state index < -0.39 is 27.4 Å². The quantitative estimate of drug-likeness (QED) is 0.0155. The Bertz CT molecular complexity index is 1410. The van der Waals surface area contributed by atoms with Crippen LogP contribution >= 0.6 is 38.5 Å². The van der Waals surface area contributed by atoms with Crippen LogP contribution in [-0.2, 0) is 46.4 Å². The molecule has 0 saturated heterocycles. The molecule has 81 heavy (non-hydrogen) atoms. The summed E-state index contributed by atoms with van der Waals surface area (Å²) >= 11 is 1.83. The minimum Gasteiger partial charge on any atom is -0.462 e. The lowest BCUT2D eigenvalue weighted by atomic mass is 10.1. The summed E-state index contributed by atoms with van der Waals surface area (Å²) in [6.45, 7) is 12.4. The highest BCUT2D eigenvalue weighted by molar-refractivity contribution is 8.53. The predicted molar refractivity (Wildman–Crippen MR) is 356 cm³/mol. The first-order valence-electron chi connectivity index (χ1n) is 35.5. The zero-order valence-corrected chi connectivity index (χ0v) is 56.4. The number of aliphatic hydroxyl groups excluding tert-OH is 1. The first kappa shape index (κ1) is 75.2. The summed E-state index contributed by atoms with van der Waals surface area (Å²) < 4.78 is 69.1. The lowest BCUT2D eigenvalue weighted by Gasteiger charge is -2.20. The summed E-state index contributed by atoms with van der Waals surface area (Å²) in [5.74, 6) is -0.460. The summed E-state index contributed by atoms with van der Waals surface area (Å²) in [5.41, 5.74) is 0. The van der Waals surface area contributed by atoms with E-state index in [0.29, 0.717) is 45.3 Å². The fraction of sp³-hybridized carbons (Fsp3) is 0.953. The third kappa shape index (κ3) is 67.3. The summed E-state index contributed by atoms with van der Waals surface area (Å²) in [6, 6.07) is 0. The van der Waals surface area contributed by atoms with E-state index in [2.05, 4.69) is 34.6 Å². The van der Waals surface area contributed by atoms with Gasteiger partial charge in [-0.25, -0.2) is 0 Å². The van der Waals surface area contributed by atoms with Crippen molar-refractivity contribution in [2.75, 3.05) is 39.6 Å². The minimum atomic E-state index is -1.45. The van der Waals surface area contributed by atoms with E-state index >= 15 is 0 Å². The van der Waals surface area contributed by atoms with Crippen LogP contribution in [0, 0.1) is 0 Å². The Morgan fingerprint density at radius 2 is 0.679 bits per heavy atom. The number of unbranched alkanes of at least 4 members (excludes halogenated alkanes) is 34. The number of esters is 3. The van der Waals surface area contributed by atoms with Crippen molar-refractivity contribution >= 4 is 71.5 Å². The van der Waals surface area contributed by atoms with E-state index in [4.69, 9.17) is 37.3 Å². The van der Waals surface area contributed by atoms with Gasteiger partial charge in [0.15, 0.2) is 0 Å². The monoisotopic (exact) mass is 1230 g/mol. The Labute approximate surface area is 519 Å². The van der Waals surface area contributed by atoms with Crippen LogP contribution in [0.4, 0.5) is 0 Å². The molecule has 0 aliphatic rings. The van der Waals surface area contributed by atoms with Gasteiger partial charge in [0.05, 0.1) is 35.6 Å². The number of carbonyl (C=O) groups is 3. The second kappa shape index (κ2) is 70.7. The number of ether oxygens (including phenoxy) is 5. The lowest BCUT2D eigenvalue weighted by molar-refractivity contribution is -0.156. The van der Waals surface area contributed by atoms with Gasteiger partial charge >= 0.3 is 17.9 Å². The Morgan fingerprint density at radius 3 is 1.01 bits per heavy atom.